The van der Waals surface area contributed by atoms with Gasteiger partial charge in [-0.25, -0.2) is 4.79 Å². The summed E-state index contributed by atoms with van der Waals surface area (Å²) in [5.74, 6) is 0.688. The summed E-state index contributed by atoms with van der Waals surface area (Å²) in [6.45, 7) is 3.65. The molecule has 1 aliphatic heterocycles. The van der Waals surface area contributed by atoms with Crippen LogP contribution in [0, 0.1) is 0 Å². The van der Waals surface area contributed by atoms with Crippen LogP contribution in [0.4, 0.5) is 0 Å². The maximum absolute atomic E-state index is 12.7. The van der Waals surface area contributed by atoms with Crippen molar-refractivity contribution in [3.05, 3.63) is 68.9 Å². The van der Waals surface area contributed by atoms with Gasteiger partial charge in [-0.15, -0.1) is 0 Å². The van der Waals surface area contributed by atoms with Crippen LogP contribution in [0.25, 0.3) is 11.0 Å². The number of likely N-dealkylation sites (tertiary alicyclic amines) is 1. The zero-order valence-electron chi connectivity index (χ0n) is 16.2. The Morgan fingerprint density at radius 2 is 2.17 bits per heavy atom. The fraction of sp³-hybridized carbons (Fsp3) is 0.364. The first-order valence-electron chi connectivity index (χ1n) is 9.84. The fourth-order valence-corrected chi connectivity index (χ4v) is 4.22. The highest BCUT2D eigenvalue weighted by Crippen LogP contribution is 2.28. The SMILES string of the molecule is CCc1cc2oc(=O)cc(CN3CCCC3C(=O)NCc3ccco3)c2cc1Cl. The molecule has 1 amide bonds. The zero-order valence-corrected chi connectivity index (χ0v) is 17.0. The molecule has 1 fully saturated rings. The van der Waals surface area contributed by atoms with Gasteiger partial charge in [-0.2, -0.15) is 0 Å². The normalized spacial score (nSPS) is 17.1. The molecule has 1 N–H and O–H groups in total. The second-order valence-corrected chi connectivity index (χ2v) is 7.72. The lowest BCUT2D eigenvalue weighted by atomic mass is 10.1. The number of halogens is 1. The van der Waals surface area contributed by atoms with Gasteiger partial charge in [-0.3, -0.25) is 9.69 Å². The smallest absolute Gasteiger partial charge is 0.336 e. The van der Waals surface area contributed by atoms with E-state index in [4.69, 9.17) is 20.4 Å². The Kier molecular flexibility index (Phi) is 5.74. The molecule has 29 heavy (non-hydrogen) atoms. The van der Waals surface area contributed by atoms with Crippen molar-refractivity contribution in [2.45, 2.75) is 45.3 Å². The maximum atomic E-state index is 12.7. The number of fused-ring (bicyclic) bond motifs is 1. The lowest BCUT2D eigenvalue weighted by molar-refractivity contribution is -0.125. The summed E-state index contributed by atoms with van der Waals surface area (Å²) >= 11 is 6.39. The highest BCUT2D eigenvalue weighted by atomic mass is 35.5. The fourth-order valence-electron chi connectivity index (χ4n) is 3.93. The van der Waals surface area contributed by atoms with E-state index in [-0.39, 0.29) is 11.9 Å². The van der Waals surface area contributed by atoms with E-state index in [0.29, 0.717) is 23.7 Å². The number of nitrogens with one attached hydrogen (secondary N) is 1. The average Bonchev–Trinajstić information content (AvgIpc) is 3.38. The maximum Gasteiger partial charge on any atom is 0.336 e. The first-order valence-corrected chi connectivity index (χ1v) is 10.2. The Bertz CT molecular complexity index is 1070. The molecule has 6 nitrogen and oxygen atoms in total. The van der Waals surface area contributed by atoms with Crippen molar-refractivity contribution in [2.75, 3.05) is 6.54 Å². The standard InChI is InChI=1S/C22H23ClN2O4/c1-2-14-9-20-17(11-18(14)23)15(10-21(26)29-20)13-25-7-3-6-19(25)22(27)24-12-16-5-4-8-28-16/h4-5,8-11,19H,2-3,6-7,12-13H2,1H3,(H,24,27). The molecular formula is C22H23ClN2O4. The molecule has 152 valence electrons. The van der Waals surface area contributed by atoms with Gasteiger partial charge in [0.15, 0.2) is 0 Å². The molecule has 3 aromatic rings. The number of benzene rings is 1. The number of aryl methyl sites for hydroxylation is 1. The first-order chi connectivity index (χ1) is 14.0. The molecule has 4 rings (SSSR count). The summed E-state index contributed by atoms with van der Waals surface area (Å²) in [4.78, 5) is 26.9. The number of furan rings is 1. The van der Waals surface area contributed by atoms with Crippen molar-refractivity contribution >= 4 is 28.5 Å². The van der Waals surface area contributed by atoms with Crippen LogP contribution in [-0.2, 0) is 24.3 Å². The molecule has 2 aromatic heterocycles. The van der Waals surface area contributed by atoms with Gasteiger partial charge in [0, 0.05) is 23.0 Å². The van der Waals surface area contributed by atoms with Crippen molar-refractivity contribution in [1.29, 1.82) is 0 Å². The Labute approximate surface area is 173 Å². The van der Waals surface area contributed by atoms with Gasteiger partial charge in [-0.1, -0.05) is 18.5 Å². The van der Waals surface area contributed by atoms with E-state index in [1.54, 1.807) is 12.3 Å². The third-order valence-corrected chi connectivity index (χ3v) is 5.79. The van der Waals surface area contributed by atoms with Crippen molar-refractivity contribution in [3.8, 4) is 0 Å². The number of amides is 1. The third kappa shape index (κ3) is 4.23. The number of rotatable bonds is 6. The number of hydrogen-bond acceptors (Lipinski definition) is 5. The lowest BCUT2D eigenvalue weighted by Gasteiger charge is -2.24. The second kappa shape index (κ2) is 8.43. The predicted octanol–water partition coefficient (Wildman–Crippen LogP) is 3.88. The van der Waals surface area contributed by atoms with Crippen LogP contribution in [0.1, 0.15) is 36.7 Å². The van der Waals surface area contributed by atoms with Gasteiger partial charge in [0.1, 0.15) is 11.3 Å². The van der Waals surface area contributed by atoms with Crippen LogP contribution >= 0.6 is 11.6 Å². The second-order valence-electron chi connectivity index (χ2n) is 7.31. The van der Waals surface area contributed by atoms with Crippen LogP contribution in [0.5, 0.6) is 0 Å². The summed E-state index contributed by atoms with van der Waals surface area (Å²) in [5, 5.41) is 4.41. The largest absolute Gasteiger partial charge is 0.467 e. The summed E-state index contributed by atoms with van der Waals surface area (Å²) in [6, 6.07) is 8.58. The average molecular weight is 415 g/mol. The van der Waals surface area contributed by atoms with Crippen molar-refractivity contribution in [1.82, 2.24) is 10.2 Å². The zero-order chi connectivity index (χ0) is 20.4. The highest BCUT2D eigenvalue weighted by Gasteiger charge is 2.31. The molecule has 0 saturated carbocycles. The van der Waals surface area contributed by atoms with Gasteiger partial charge >= 0.3 is 5.63 Å². The first kappa shape index (κ1) is 19.7. The Balaban J connectivity index is 1.56. The molecule has 3 heterocycles. The third-order valence-electron chi connectivity index (χ3n) is 5.43. The molecule has 7 heteroatoms. The van der Waals surface area contributed by atoms with E-state index in [1.807, 2.05) is 25.1 Å². The van der Waals surface area contributed by atoms with Gasteiger partial charge in [0.2, 0.25) is 5.91 Å². The molecule has 0 aliphatic carbocycles. The van der Waals surface area contributed by atoms with Crippen LogP contribution in [0.15, 0.2) is 50.2 Å². The van der Waals surface area contributed by atoms with Crippen LogP contribution in [0.2, 0.25) is 5.02 Å². The predicted molar refractivity (Wildman–Crippen MR) is 111 cm³/mol. The van der Waals surface area contributed by atoms with Crippen molar-refractivity contribution < 1.29 is 13.6 Å². The number of carbonyl (C=O) groups excluding carboxylic acids is 1. The Morgan fingerprint density at radius 1 is 1.31 bits per heavy atom. The number of nitrogens with zero attached hydrogens (tertiary/aromatic N) is 1. The van der Waals surface area contributed by atoms with Crippen molar-refractivity contribution in [2.24, 2.45) is 0 Å². The molecule has 0 bridgehead atoms. The summed E-state index contributed by atoms with van der Waals surface area (Å²) in [6.07, 6.45) is 4.06. The van der Waals surface area contributed by atoms with Crippen LogP contribution in [0.3, 0.4) is 0 Å². The van der Waals surface area contributed by atoms with Gasteiger partial charge < -0.3 is 14.2 Å². The van der Waals surface area contributed by atoms with Gasteiger partial charge in [-0.05, 0) is 61.2 Å². The molecule has 0 radical (unpaired) electrons. The Morgan fingerprint density at radius 3 is 2.93 bits per heavy atom. The minimum atomic E-state index is -0.394. The van der Waals surface area contributed by atoms with Crippen LogP contribution in [-0.4, -0.2) is 23.4 Å². The van der Waals surface area contributed by atoms with Crippen molar-refractivity contribution in [3.63, 3.8) is 0 Å². The van der Waals surface area contributed by atoms with Gasteiger partial charge in [0.25, 0.3) is 0 Å². The topological polar surface area (TPSA) is 75.7 Å². The van der Waals surface area contributed by atoms with E-state index >= 15 is 0 Å². The minimum Gasteiger partial charge on any atom is -0.467 e. The summed E-state index contributed by atoms with van der Waals surface area (Å²) in [5.41, 5.74) is 1.91. The molecular weight excluding hydrogens is 392 g/mol. The quantitative estimate of drug-likeness (QED) is 0.619. The van der Waals surface area contributed by atoms with Crippen LogP contribution < -0.4 is 10.9 Å². The lowest BCUT2D eigenvalue weighted by Crippen LogP contribution is -2.42. The van der Waals surface area contributed by atoms with E-state index in [0.717, 1.165) is 48.1 Å². The number of carbonyl (C=O) groups is 1. The molecule has 1 unspecified atom stereocenters. The monoisotopic (exact) mass is 414 g/mol. The molecule has 0 spiro atoms. The van der Waals surface area contributed by atoms with E-state index < -0.39 is 5.63 Å². The number of hydrogen-bond donors (Lipinski definition) is 1. The Hall–Kier alpha value is -2.57. The molecule has 1 aromatic carbocycles. The summed E-state index contributed by atoms with van der Waals surface area (Å²) in [7, 11) is 0. The van der Waals surface area contributed by atoms with E-state index in [1.165, 1.54) is 6.07 Å². The minimum absolute atomic E-state index is 0.0301. The molecule has 1 aliphatic rings. The summed E-state index contributed by atoms with van der Waals surface area (Å²) < 4.78 is 10.7. The highest BCUT2D eigenvalue weighted by molar-refractivity contribution is 6.32. The molecule has 1 atom stereocenters. The van der Waals surface area contributed by atoms with Gasteiger partial charge in [0.05, 0.1) is 18.8 Å². The molecule has 1 saturated heterocycles. The van der Waals surface area contributed by atoms with E-state index in [9.17, 15) is 9.59 Å². The van der Waals surface area contributed by atoms with E-state index in [2.05, 4.69) is 10.2 Å².